The standard InChI is InChI=1S/C20H28N2O4/c1-14-8-9-17(12-15(14)2)22-19(24)13-26-20(25)11-10-18(23)21-16-6-4-3-5-7-16/h8-9,12,16H,3-7,10-11,13H2,1-2H3,(H,21,23)(H,22,24). The van der Waals surface area contributed by atoms with Crippen LogP contribution in [0.25, 0.3) is 0 Å². The zero-order valence-corrected chi connectivity index (χ0v) is 15.6. The number of amides is 2. The van der Waals surface area contributed by atoms with Crippen LogP contribution in [0.3, 0.4) is 0 Å². The lowest BCUT2D eigenvalue weighted by atomic mass is 9.95. The highest BCUT2D eigenvalue weighted by molar-refractivity contribution is 5.93. The predicted molar refractivity (Wildman–Crippen MR) is 99.8 cm³/mol. The molecule has 0 saturated heterocycles. The number of hydrogen-bond acceptors (Lipinski definition) is 4. The Balaban J connectivity index is 1.63. The van der Waals surface area contributed by atoms with Crippen LogP contribution in [0.15, 0.2) is 18.2 Å². The molecule has 1 aliphatic rings. The molecule has 0 bridgehead atoms. The van der Waals surface area contributed by atoms with Gasteiger partial charge in [0.15, 0.2) is 6.61 Å². The highest BCUT2D eigenvalue weighted by Gasteiger charge is 2.17. The third-order valence-corrected chi connectivity index (χ3v) is 4.68. The summed E-state index contributed by atoms with van der Waals surface area (Å²) in [6, 6.07) is 5.82. The maximum absolute atomic E-state index is 11.9. The van der Waals surface area contributed by atoms with Crippen molar-refractivity contribution in [3.63, 3.8) is 0 Å². The van der Waals surface area contributed by atoms with Crippen molar-refractivity contribution in [1.29, 1.82) is 0 Å². The van der Waals surface area contributed by atoms with Crippen LogP contribution < -0.4 is 10.6 Å². The van der Waals surface area contributed by atoms with Crippen LogP contribution >= 0.6 is 0 Å². The fraction of sp³-hybridized carbons (Fsp3) is 0.550. The summed E-state index contributed by atoms with van der Waals surface area (Å²) in [6.45, 7) is 3.60. The Bertz CT molecular complexity index is 651. The average Bonchev–Trinajstić information content (AvgIpc) is 2.62. The van der Waals surface area contributed by atoms with Crippen molar-refractivity contribution in [1.82, 2.24) is 5.32 Å². The molecule has 0 heterocycles. The Morgan fingerprint density at radius 3 is 2.42 bits per heavy atom. The highest BCUT2D eigenvalue weighted by atomic mass is 16.5. The molecule has 26 heavy (non-hydrogen) atoms. The number of carbonyl (C=O) groups excluding carboxylic acids is 3. The predicted octanol–water partition coefficient (Wildman–Crippen LogP) is 3.01. The molecular weight excluding hydrogens is 332 g/mol. The number of aryl methyl sites for hydroxylation is 2. The monoisotopic (exact) mass is 360 g/mol. The van der Waals surface area contributed by atoms with Gasteiger partial charge in [-0.25, -0.2) is 0 Å². The van der Waals surface area contributed by atoms with Gasteiger partial charge < -0.3 is 15.4 Å². The Morgan fingerprint density at radius 1 is 1.00 bits per heavy atom. The van der Waals surface area contributed by atoms with Gasteiger partial charge in [0.25, 0.3) is 5.91 Å². The van der Waals surface area contributed by atoms with Gasteiger partial charge >= 0.3 is 5.97 Å². The second-order valence-electron chi connectivity index (χ2n) is 6.91. The second-order valence-corrected chi connectivity index (χ2v) is 6.91. The SMILES string of the molecule is Cc1ccc(NC(=O)COC(=O)CCC(=O)NC2CCCCC2)cc1C. The molecule has 0 aliphatic heterocycles. The Morgan fingerprint density at radius 2 is 1.73 bits per heavy atom. The van der Waals surface area contributed by atoms with Gasteiger partial charge in [-0.3, -0.25) is 14.4 Å². The molecular formula is C20H28N2O4. The van der Waals surface area contributed by atoms with Crippen LogP contribution in [0.5, 0.6) is 0 Å². The first kappa shape index (κ1) is 19.9. The normalized spacial score (nSPS) is 14.5. The van der Waals surface area contributed by atoms with Gasteiger partial charge in [0.2, 0.25) is 5.91 Å². The number of ether oxygens (including phenoxy) is 1. The Hall–Kier alpha value is -2.37. The van der Waals surface area contributed by atoms with E-state index in [2.05, 4.69) is 10.6 Å². The number of hydrogen-bond donors (Lipinski definition) is 2. The zero-order chi connectivity index (χ0) is 18.9. The van der Waals surface area contributed by atoms with Crippen LogP contribution in [-0.2, 0) is 19.1 Å². The molecule has 1 aromatic carbocycles. The fourth-order valence-electron chi connectivity index (χ4n) is 3.00. The smallest absolute Gasteiger partial charge is 0.306 e. The summed E-state index contributed by atoms with van der Waals surface area (Å²) >= 11 is 0. The topological polar surface area (TPSA) is 84.5 Å². The Labute approximate surface area is 154 Å². The van der Waals surface area contributed by atoms with Crippen molar-refractivity contribution in [3.8, 4) is 0 Å². The molecule has 1 aromatic rings. The minimum atomic E-state index is -0.543. The molecule has 0 spiro atoms. The van der Waals surface area contributed by atoms with Crippen LogP contribution in [0, 0.1) is 13.8 Å². The first-order chi connectivity index (χ1) is 12.4. The molecule has 0 aromatic heterocycles. The fourth-order valence-corrected chi connectivity index (χ4v) is 3.00. The summed E-state index contributed by atoms with van der Waals surface area (Å²) in [4.78, 5) is 35.4. The molecule has 0 radical (unpaired) electrons. The van der Waals surface area contributed by atoms with Crippen LogP contribution in [0.2, 0.25) is 0 Å². The molecule has 1 saturated carbocycles. The van der Waals surface area contributed by atoms with E-state index in [-0.39, 0.29) is 31.4 Å². The van der Waals surface area contributed by atoms with Gasteiger partial charge in [0.05, 0.1) is 6.42 Å². The number of nitrogens with one attached hydrogen (secondary N) is 2. The Kier molecular flexibility index (Phi) is 7.63. The number of esters is 1. The van der Waals surface area contributed by atoms with Crippen molar-refractivity contribution >= 4 is 23.5 Å². The van der Waals surface area contributed by atoms with Crippen LogP contribution in [-0.4, -0.2) is 30.4 Å². The number of benzene rings is 1. The number of rotatable bonds is 7. The summed E-state index contributed by atoms with van der Waals surface area (Å²) in [7, 11) is 0. The molecule has 2 N–H and O–H groups in total. The van der Waals surface area contributed by atoms with Gasteiger partial charge in [-0.2, -0.15) is 0 Å². The van der Waals surface area contributed by atoms with E-state index in [4.69, 9.17) is 4.74 Å². The molecule has 6 nitrogen and oxygen atoms in total. The quantitative estimate of drug-likeness (QED) is 0.732. The van der Waals surface area contributed by atoms with E-state index in [0.717, 1.165) is 36.8 Å². The molecule has 6 heteroatoms. The maximum atomic E-state index is 11.9. The molecule has 0 atom stereocenters. The van der Waals surface area contributed by atoms with Crippen molar-refractivity contribution in [2.45, 2.75) is 64.8 Å². The van der Waals surface area contributed by atoms with E-state index in [1.54, 1.807) is 6.07 Å². The van der Waals surface area contributed by atoms with E-state index in [1.165, 1.54) is 6.42 Å². The van der Waals surface area contributed by atoms with E-state index in [9.17, 15) is 14.4 Å². The average molecular weight is 360 g/mol. The van der Waals surface area contributed by atoms with Crippen LogP contribution in [0.4, 0.5) is 5.69 Å². The van der Waals surface area contributed by atoms with Gasteiger partial charge in [0, 0.05) is 18.2 Å². The number of carbonyl (C=O) groups is 3. The van der Waals surface area contributed by atoms with Crippen molar-refractivity contribution in [2.75, 3.05) is 11.9 Å². The molecule has 142 valence electrons. The van der Waals surface area contributed by atoms with Gasteiger partial charge in [0.1, 0.15) is 0 Å². The van der Waals surface area contributed by atoms with E-state index in [1.807, 2.05) is 26.0 Å². The van der Waals surface area contributed by atoms with Gasteiger partial charge in [-0.1, -0.05) is 25.3 Å². The summed E-state index contributed by atoms with van der Waals surface area (Å²) in [5, 5.41) is 5.64. The zero-order valence-electron chi connectivity index (χ0n) is 15.6. The minimum absolute atomic E-state index is 0.0184. The van der Waals surface area contributed by atoms with E-state index >= 15 is 0 Å². The molecule has 1 fully saturated rings. The lowest BCUT2D eigenvalue weighted by Crippen LogP contribution is -2.36. The first-order valence-electron chi connectivity index (χ1n) is 9.26. The second kappa shape index (κ2) is 9.94. The van der Waals surface area contributed by atoms with Crippen molar-refractivity contribution < 1.29 is 19.1 Å². The summed E-state index contributed by atoms with van der Waals surface area (Å²) < 4.78 is 4.94. The minimum Gasteiger partial charge on any atom is -0.456 e. The van der Waals surface area contributed by atoms with Crippen LogP contribution in [0.1, 0.15) is 56.1 Å². The molecule has 2 rings (SSSR count). The molecule has 1 aliphatic carbocycles. The molecule has 0 unspecified atom stereocenters. The van der Waals surface area contributed by atoms with E-state index in [0.29, 0.717) is 5.69 Å². The van der Waals surface area contributed by atoms with Gasteiger partial charge in [-0.05, 0) is 49.9 Å². The first-order valence-corrected chi connectivity index (χ1v) is 9.26. The van der Waals surface area contributed by atoms with Crippen molar-refractivity contribution in [2.24, 2.45) is 0 Å². The van der Waals surface area contributed by atoms with Gasteiger partial charge in [-0.15, -0.1) is 0 Å². The molecule has 2 amide bonds. The van der Waals surface area contributed by atoms with E-state index < -0.39 is 11.9 Å². The largest absolute Gasteiger partial charge is 0.456 e. The number of anilines is 1. The summed E-state index contributed by atoms with van der Waals surface area (Å²) in [6.07, 6.45) is 5.60. The highest BCUT2D eigenvalue weighted by Crippen LogP contribution is 2.17. The third-order valence-electron chi connectivity index (χ3n) is 4.68. The lowest BCUT2D eigenvalue weighted by molar-refractivity contribution is -0.148. The lowest BCUT2D eigenvalue weighted by Gasteiger charge is -2.22. The summed E-state index contributed by atoms with van der Waals surface area (Å²) in [5.41, 5.74) is 2.88. The third kappa shape index (κ3) is 6.86. The summed E-state index contributed by atoms with van der Waals surface area (Å²) in [5.74, 6) is -1.07. The maximum Gasteiger partial charge on any atom is 0.306 e. The van der Waals surface area contributed by atoms with Crippen molar-refractivity contribution in [3.05, 3.63) is 29.3 Å².